The summed E-state index contributed by atoms with van der Waals surface area (Å²) >= 11 is 1.64. The number of fused-ring (bicyclic) bond motifs is 1. The van der Waals surface area contributed by atoms with E-state index in [0.29, 0.717) is 0 Å². The van der Waals surface area contributed by atoms with E-state index in [0.717, 1.165) is 26.8 Å². The van der Waals surface area contributed by atoms with E-state index in [1.807, 2.05) is 22.6 Å². The number of aromatic nitrogens is 2. The van der Waals surface area contributed by atoms with Crippen LogP contribution in [0.4, 0.5) is 0 Å². The third-order valence-corrected chi connectivity index (χ3v) is 4.99. The molecule has 4 heteroatoms. The molecule has 0 amide bonds. The van der Waals surface area contributed by atoms with Crippen molar-refractivity contribution in [3.63, 3.8) is 0 Å². The lowest BCUT2D eigenvalue weighted by atomic mass is 10.1. The molecule has 23 heavy (non-hydrogen) atoms. The third kappa shape index (κ3) is 2.46. The number of benzene rings is 2. The molecule has 0 saturated heterocycles. The first-order valence-corrected chi connectivity index (χ1v) is 8.32. The molecule has 4 aromatic rings. The van der Waals surface area contributed by atoms with Gasteiger partial charge in [0.05, 0.1) is 22.9 Å². The SMILES string of the molecule is Cc1ccc(-c2nc3sc(-c4ccccc4)cn3c2CO)cc1. The van der Waals surface area contributed by atoms with E-state index >= 15 is 0 Å². The Morgan fingerprint density at radius 3 is 2.43 bits per heavy atom. The van der Waals surface area contributed by atoms with Crippen molar-refractivity contribution in [2.75, 3.05) is 0 Å². The molecule has 0 unspecified atom stereocenters. The monoisotopic (exact) mass is 320 g/mol. The van der Waals surface area contributed by atoms with Crippen LogP contribution in [0.25, 0.3) is 26.7 Å². The zero-order valence-corrected chi connectivity index (χ0v) is 13.5. The van der Waals surface area contributed by atoms with Gasteiger partial charge in [-0.15, -0.1) is 0 Å². The quantitative estimate of drug-likeness (QED) is 0.602. The summed E-state index contributed by atoms with van der Waals surface area (Å²) in [6.07, 6.45) is 2.06. The van der Waals surface area contributed by atoms with E-state index in [2.05, 4.69) is 49.5 Å². The summed E-state index contributed by atoms with van der Waals surface area (Å²) in [5, 5.41) is 9.84. The first-order valence-electron chi connectivity index (χ1n) is 7.50. The molecule has 0 saturated carbocycles. The normalized spacial score (nSPS) is 11.2. The second-order valence-electron chi connectivity index (χ2n) is 5.55. The summed E-state index contributed by atoms with van der Waals surface area (Å²) < 4.78 is 2.00. The van der Waals surface area contributed by atoms with Gasteiger partial charge in [0.2, 0.25) is 0 Å². The number of aryl methyl sites for hydroxylation is 1. The Hall–Kier alpha value is -2.43. The van der Waals surface area contributed by atoms with Crippen LogP contribution in [-0.4, -0.2) is 14.5 Å². The van der Waals surface area contributed by atoms with Crippen molar-refractivity contribution in [3.05, 3.63) is 72.1 Å². The van der Waals surface area contributed by atoms with Gasteiger partial charge >= 0.3 is 0 Å². The zero-order chi connectivity index (χ0) is 15.8. The summed E-state index contributed by atoms with van der Waals surface area (Å²) in [6, 6.07) is 18.5. The van der Waals surface area contributed by atoms with Crippen LogP contribution in [0.15, 0.2) is 60.8 Å². The van der Waals surface area contributed by atoms with Gasteiger partial charge in [0.15, 0.2) is 4.96 Å². The molecule has 0 aliphatic carbocycles. The second kappa shape index (κ2) is 5.65. The summed E-state index contributed by atoms with van der Waals surface area (Å²) in [7, 11) is 0. The molecular formula is C19H16N2OS. The Kier molecular flexibility index (Phi) is 3.48. The number of imidazole rings is 1. The maximum atomic E-state index is 9.84. The van der Waals surface area contributed by atoms with Gasteiger partial charge in [-0.2, -0.15) is 0 Å². The standard InChI is InChI=1S/C19H16N2OS/c1-13-7-9-15(10-8-13)18-16(12-22)21-11-17(23-19(21)20-18)14-5-3-2-4-6-14/h2-11,22H,12H2,1H3. The van der Waals surface area contributed by atoms with E-state index < -0.39 is 0 Å². The van der Waals surface area contributed by atoms with Crippen molar-refractivity contribution >= 4 is 16.3 Å². The molecule has 0 aliphatic rings. The van der Waals surface area contributed by atoms with Crippen LogP contribution in [0.2, 0.25) is 0 Å². The molecule has 4 rings (SSSR count). The average Bonchev–Trinajstić information content (AvgIpc) is 3.14. The number of aliphatic hydroxyl groups is 1. The van der Waals surface area contributed by atoms with Crippen molar-refractivity contribution in [2.24, 2.45) is 0 Å². The fourth-order valence-electron chi connectivity index (χ4n) is 2.72. The van der Waals surface area contributed by atoms with Crippen molar-refractivity contribution in [1.29, 1.82) is 0 Å². The summed E-state index contributed by atoms with van der Waals surface area (Å²) in [4.78, 5) is 6.81. The predicted octanol–water partition coefficient (Wildman–Crippen LogP) is 4.53. The van der Waals surface area contributed by atoms with Crippen LogP contribution in [0.1, 0.15) is 11.3 Å². The zero-order valence-electron chi connectivity index (χ0n) is 12.7. The van der Waals surface area contributed by atoms with Gasteiger partial charge in [-0.05, 0) is 12.5 Å². The number of thiazole rings is 1. The molecule has 0 atom stereocenters. The minimum absolute atomic E-state index is 0.0324. The molecule has 0 fully saturated rings. The van der Waals surface area contributed by atoms with Crippen LogP contribution in [0.5, 0.6) is 0 Å². The van der Waals surface area contributed by atoms with Crippen LogP contribution >= 0.6 is 11.3 Å². The molecule has 0 aliphatic heterocycles. The molecule has 0 spiro atoms. The molecule has 3 nitrogen and oxygen atoms in total. The molecule has 0 bridgehead atoms. The number of rotatable bonds is 3. The maximum Gasteiger partial charge on any atom is 0.195 e. The summed E-state index contributed by atoms with van der Waals surface area (Å²) in [5.74, 6) is 0. The van der Waals surface area contributed by atoms with E-state index in [1.54, 1.807) is 11.3 Å². The minimum atomic E-state index is -0.0324. The molecule has 2 heterocycles. The average molecular weight is 320 g/mol. The first kappa shape index (κ1) is 14.2. The smallest absolute Gasteiger partial charge is 0.195 e. The van der Waals surface area contributed by atoms with Crippen LogP contribution in [0.3, 0.4) is 0 Å². The largest absolute Gasteiger partial charge is 0.390 e. The summed E-state index contributed by atoms with van der Waals surface area (Å²) in [6.45, 7) is 2.03. The number of aliphatic hydroxyl groups excluding tert-OH is 1. The van der Waals surface area contributed by atoms with Gasteiger partial charge in [0.25, 0.3) is 0 Å². The van der Waals surface area contributed by atoms with Crippen LogP contribution in [0, 0.1) is 6.92 Å². The van der Waals surface area contributed by atoms with Crippen molar-refractivity contribution < 1.29 is 5.11 Å². The van der Waals surface area contributed by atoms with Gasteiger partial charge in [0.1, 0.15) is 0 Å². The fraction of sp³-hybridized carbons (Fsp3) is 0.105. The maximum absolute atomic E-state index is 9.84. The number of hydrogen-bond acceptors (Lipinski definition) is 3. The van der Waals surface area contributed by atoms with E-state index in [4.69, 9.17) is 4.98 Å². The fourth-order valence-corrected chi connectivity index (χ4v) is 3.73. The van der Waals surface area contributed by atoms with Gasteiger partial charge < -0.3 is 5.11 Å². The lowest BCUT2D eigenvalue weighted by molar-refractivity contribution is 0.276. The Morgan fingerprint density at radius 2 is 1.74 bits per heavy atom. The van der Waals surface area contributed by atoms with Gasteiger partial charge in [0, 0.05) is 11.8 Å². The van der Waals surface area contributed by atoms with Crippen LogP contribution < -0.4 is 0 Å². The molecule has 0 radical (unpaired) electrons. The predicted molar refractivity (Wildman–Crippen MR) is 94.6 cm³/mol. The Balaban J connectivity index is 1.85. The highest BCUT2D eigenvalue weighted by Gasteiger charge is 2.16. The van der Waals surface area contributed by atoms with Crippen molar-refractivity contribution in [2.45, 2.75) is 13.5 Å². The number of hydrogen-bond donors (Lipinski definition) is 1. The highest BCUT2D eigenvalue weighted by molar-refractivity contribution is 7.20. The molecule has 1 N–H and O–H groups in total. The van der Waals surface area contributed by atoms with Crippen LogP contribution in [-0.2, 0) is 6.61 Å². The number of nitrogens with zero attached hydrogens (tertiary/aromatic N) is 2. The minimum Gasteiger partial charge on any atom is -0.390 e. The van der Waals surface area contributed by atoms with E-state index in [-0.39, 0.29) is 6.61 Å². The topological polar surface area (TPSA) is 37.5 Å². The highest BCUT2D eigenvalue weighted by Crippen LogP contribution is 2.33. The molecular weight excluding hydrogens is 304 g/mol. The van der Waals surface area contributed by atoms with E-state index in [9.17, 15) is 5.11 Å². The molecule has 2 aromatic carbocycles. The van der Waals surface area contributed by atoms with Gasteiger partial charge in [-0.1, -0.05) is 71.5 Å². The van der Waals surface area contributed by atoms with Crippen molar-refractivity contribution in [3.8, 4) is 21.7 Å². The van der Waals surface area contributed by atoms with Crippen molar-refractivity contribution in [1.82, 2.24) is 9.38 Å². The van der Waals surface area contributed by atoms with E-state index in [1.165, 1.54) is 11.1 Å². The van der Waals surface area contributed by atoms with Gasteiger partial charge in [-0.25, -0.2) is 4.98 Å². The van der Waals surface area contributed by atoms with Gasteiger partial charge in [-0.3, -0.25) is 4.40 Å². The molecule has 2 aromatic heterocycles. The lowest BCUT2D eigenvalue weighted by Gasteiger charge is -2.02. The lowest BCUT2D eigenvalue weighted by Crippen LogP contribution is -1.92. The molecule has 114 valence electrons. The second-order valence-corrected chi connectivity index (χ2v) is 6.55. The Morgan fingerprint density at radius 1 is 1.00 bits per heavy atom. The third-order valence-electron chi connectivity index (χ3n) is 3.96. The summed E-state index contributed by atoms with van der Waals surface area (Å²) in [5.41, 5.74) is 5.12. The first-order chi connectivity index (χ1) is 11.3. The Labute approximate surface area is 138 Å². The highest BCUT2D eigenvalue weighted by atomic mass is 32.1. The Bertz CT molecular complexity index is 952.